The second-order valence-corrected chi connectivity index (χ2v) is 5.97. The van der Waals surface area contributed by atoms with Crippen LogP contribution in [0, 0.1) is 5.92 Å². The van der Waals surface area contributed by atoms with Crippen molar-refractivity contribution < 1.29 is 4.74 Å². The first-order chi connectivity index (χ1) is 9.19. The van der Waals surface area contributed by atoms with E-state index in [9.17, 15) is 0 Å². The number of likely N-dealkylation sites (N-methyl/N-ethyl adjacent to an activating group) is 1. The molecule has 0 aromatic heterocycles. The molecule has 0 aromatic carbocycles. The fraction of sp³-hybridized carbons (Fsp3) is 1.00. The Labute approximate surface area is 120 Å². The van der Waals surface area contributed by atoms with Crippen molar-refractivity contribution in [1.82, 2.24) is 10.2 Å². The Morgan fingerprint density at radius 2 is 2.00 bits per heavy atom. The minimum atomic E-state index is 0.605. The zero-order chi connectivity index (χ0) is 14.3. The Morgan fingerprint density at radius 1 is 1.32 bits per heavy atom. The molecule has 0 amide bonds. The number of hydrogen-bond acceptors (Lipinski definition) is 3. The number of nitrogens with one attached hydrogen (secondary N) is 1. The van der Waals surface area contributed by atoms with Crippen molar-refractivity contribution in [3.63, 3.8) is 0 Å². The van der Waals surface area contributed by atoms with Gasteiger partial charge in [0.1, 0.15) is 0 Å². The maximum Gasteiger partial charge on any atom is 0.0589 e. The van der Waals surface area contributed by atoms with E-state index in [1.54, 1.807) is 0 Å². The number of hydrogen-bond donors (Lipinski definition) is 1. The van der Waals surface area contributed by atoms with Gasteiger partial charge in [0, 0.05) is 31.8 Å². The van der Waals surface area contributed by atoms with Crippen LogP contribution < -0.4 is 5.32 Å². The van der Waals surface area contributed by atoms with Gasteiger partial charge in [-0.2, -0.15) is 0 Å². The standard InChI is InChI=1S/C16H34N2O/c1-6-8-15(17-4)16(7-2)18(11-12-19-5)13(3)14-9-10-14/h13-17H,6-12H2,1-5H3. The smallest absolute Gasteiger partial charge is 0.0589 e. The first-order valence-corrected chi connectivity index (χ1v) is 8.11. The highest BCUT2D eigenvalue weighted by atomic mass is 16.5. The summed E-state index contributed by atoms with van der Waals surface area (Å²) in [6, 6.07) is 1.94. The van der Waals surface area contributed by atoms with Gasteiger partial charge in [-0.05, 0) is 45.6 Å². The van der Waals surface area contributed by atoms with E-state index in [1.807, 2.05) is 7.11 Å². The van der Waals surface area contributed by atoms with Gasteiger partial charge in [-0.1, -0.05) is 20.3 Å². The van der Waals surface area contributed by atoms with Gasteiger partial charge < -0.3 is 10.1 Å². The van der Waals surface area contributed by atoms with Crippen LogP contribution in [0.5, 0.6) is 0 Å². The predicted molar refractivity (Wildman–Crippen MR) is 82.6 cm³/mol. The normalized spacial score (nSPS) is 20.5. The highest BCUT2D eigenvalue weighted by Crippen LogP contribution is 2.36. The van der Waals surface area contributed by atoms with Crippen LogP contribution in [0.1, 0.15) is 52.9 Å². The van der Waals surface area contributed by atoms with Crippen molar-refractivity contribution in [3.05, 3.63) is 0 Å². The Kier molecular flexibility index (Phi) is 7.96. The van der Waals surface area contributed by atoms with E-state index in [0.717, 1.165) is 19.1 Å². The number of ether oxygens (including phenoxy) is 1. The molecule has 3 atom stereocenters. The van der Waals surface area contributed by atoms with Crippen LogP contribution in [0.15, 0.2) is 0 Å². The summed E-state index contributed by atoms with van der Waals surface area (Å²) in [6.07, 6.45) is 6.55. The van der Waals surface area contributed by atoms with Crippen LogP contribution in [0.2, 0.25) is 0 Å². The average Bonchev–Trinajstić information content (AvgIpc) is 3.25. The van der Waals surface area contributed by atoms with Crippen molar-refractivity contribution in [2.24, 2.45) is 5.92 Å². The van der Waals surface area contributed by atoms with E-state index in [4.69, 9.17) is 4.74 Å². The van der Waals surface area contributed by atoms with Gasteiger partial charge >= 0.3 is 0 Å². The number of methoxy groups -OCH3 is 1. The molecule has 1 rings (SSSR count). The number of rotatable bonds is 11. The Morgan fingerprint density at radius 3 is 2.42 bits per heavy atom. The lowest BCUT2D eigenvalue weighted by atomic mass is 9.97. The van der Waals surface area contributed by atoms with Crippen molar-refractivity contribution >= 4 is 0 Å². The molecular formula is C16H34N2O. The molecule has 114 valence electrons. The summed E-state index contributed by atoms with van der Waals surface area (Å²) in [5, 5.41) is 3.54. The third-order valence-electron chi connectivity index (χ3n) is 4.66. The molecule has 0 heterocycles. The molecule has 19 heavy (non-hydrogen) atoms. The molecule has 1 fully saturated rings. The van der Waals surface area contributed by atoms with Gasteiger partial charge in [0.2, 0.25) is 0 Å². The lowest BCUT2D eigenvalue weighted by Gasteiger charge is -2.40. The van der Waals surface area contributed by atoms with Crippen molar-refractivity contribution in [2.75, 3.05) is 27.3 Å². The predicted octanol–water partition coefficient (Wildman–Crippen LogP) is 2.90. The third kappa shape index (κ3) is 5.05. The first-order valence-electron chi connectivity index (χ1n) is 8.11. The fourth-order valence-corrected chi connectivity index (χ4v) is 3.31. The second-order valence-electron chi connectivity index (χ2n) is 5.97. The molecule has 0 saturated heterocycles. The highest BCUT2D eigenvalue weighted by Gasteiger charge is 2.36. The van der Waals surface area contributed by atoms with Crippen molar-refractivity contribution in [2.45, 2.75) is 71.0 Å². The quantitative estimate of drug-likeness (QED) is 0.625. The van der Waals surface area contributed by atoms with E-state index >= 15 is 0 Å². The molecule has 3 nitrogen and oxygen atoms in total. The van der Waals surface area contributed by atoms with Crippen molar-refractivity contribution in [3.8, 4) is 0 Å². The lowest BCUT2D eigenvalue weighted by Crippen LogP contribution is -2.53. The van der Waals surface area contributed by atoms with Crippen LogP contribution in [0.3, 0.4) is 0 Å². The van der Waals surface area contributed by atoms with Crippen LogP contribution in [0.4, 0.5) is 0 Å². The van der Waals surface area contributed by atoms with E-state index in [1.165, 1.54) is 32.1 Å². The molecular weight excluding hydrogens is 236 g/mol. The Bertz CT molecular complexity index is 231. The van der Waals surface area contributed by atoms with Gasteiger partial charge in [-0.3, -0.25) is 4.90 Å². The maximum atomic E-state index is 5.33. The molecule has 0 bridgehead atoms. The summed E-state index contributed by atoms with van der Waals surface area (Å²) in [5.74, 6) is 0.921. The van der Waals surface area contributed by atoms with Gasteiger partial charge in [-0.15, -0.1) is 0 Å². The summed E-state index contributed by atoms with van der Waals surface area (Å²) >= 11 is 0. The largest absolute Gasteiger partial charge is 0.383 e. The summed E-state index contributed by atoms with van der Waals surface area (Å²) in [6.45, 7) is 8.92. The van der Waals surface area contributed by atoms with Crippen LogP contribution in [-0.4, -0.2) is 50.3 Å². The van der Waals surface area contributed by atoms with E-state index in [2.05, 4.69) is 38.0 Å². The van der Waals surface area contributed by atoms with Gasteiger partial charge in [-0.25, -0.2) is 0 Å². The minimum Gasteiger partial charge on any atom is -0.383 e. The summed E-state index contributed by atoms with van der Waals surface area (Å²) in [7, 11) is 3.92. The van der Waals surface area contributed by atoms with Crippen LogP contribution in [0.25, 0.3) is 0 Å². The van der Waals surface area contributed by atoms with Crippen LogP contribution >= 0.6 is 0 Å². The van der Waals surface area contributed by atoms with Crippen LogP contribution in [-0.2, 0) is 4.74 Å². The molecule has 1 aliphatic rings. The zero-order valence-electron chi connectivity index (χ0n) is 13.6. The summed E-state index contributed by atoms with van der Waals surface area (Å²) in [5.41, 5.74) is 0. The molecule has 0 aromatic rings. The fourth-order valence-electron chi connectivity index (χ4n) is 3.31. The monoisotopic (exact) mass is 270 g/mol. The second kappa shape index (κ2) is 8.93. The average molecular weight is 270 g/mol. The molecule has 1 saturated carbocycles. The summed E-state index contributed by atoms with van der Waals surface area (Å²) < 4.78 is 5.33. The number of nitrogens with zero attached hydrogens (tertiary/aromatic N) is 1. The molecule has 0 spiro atoms. The molecule has 0 radical (unpaired) electrons. The maximum absolute atomic E-state index is 5.33. The summed E-state index contributed by atoms with van der Waals surface area (Å²) in [4.78, 5) is 2.71. The molecule has 1 N–H and O–H groups in total. The van der Waals surface area contributed by atoms with E-state index in [0.29, 0.717) is 18.1 Å². The van der Waals surface area contributed by atoms with Gasteiger partial charge in [0.05, 0.1) is 6.61 Å². The first kappa shape index (κ1) is 16.9. The van der Waals surface area contributed by atoms with Crippen molar-refractivity contribution in [1.29, 1.82) is 0 Å². The SMILES string of the molecule is CCCC(NC)C(CC)N(CCOC)C(C)C1CC1. The molecule has 1 aliphatic carbocycles. The third-order valence-corrected chi connectivity index (χ3v) is 4.66. The van der Waals surface area contributed by atoms with Gasteiger partial charge in [0.15, 0.2) is 0 Å². The topological polar surface area (TPSA) is 24.5 Å². The Balaban J connectivity index is 2.71. The molecule has 3 unspecified atom stereocenters. The highest BCUT2D eigenvalue weighted by molar-refractivity contribution is 4.91. The zero-order valence-corrected chi connectivity index (χ0v) is 13.6. The molecule has 0 aliphatic heterocycles. The van der Waals surface area contributed by atoms with Gasteiger partial charge in [0.25, 0.3) is 0 Å². The molecule has 3 heteroatoms. The minimum absolute atomic E-state index is 0.605. The Hall–Kier alpha value is -0.120. The van der Waals surface area contributed by atoms with E-state index < -0.39 is 0 Å². The lowest BCUT2D eigenvalue weighted by molar-refractivity contribution is 0.0613. The van der Waals surface area contributed by atoms with E-state index in [-0.39, 0.29) is 0 Å².